The summed E-state index contributed by atoms with van der Waals surface area (Å²) in [6, 6.07) is 5.82. The van der Waals surface area contributed by atoms with Crippen LogP contribution in [0.4, 0.5) is 0 Å². The van der Waals surface area contributed by atoms with E-state index in [-0.39, 0.29) is 30.2 Å². The third-order valence-corrected chi connectivity index (χ3v) is 6.55. The zero-order valence-corrected chi connectivity index (χ0v) is 18.8. The number of aliphatic carboxylic acids is 1. The van der Waals surface area contributed by atoms with Gasteiger partial charge in [-0.3, -0.25) is 9.59 Å². The van der Waals surface area contributed by atoms with Crippen molar-refractivity contribution in [2.24, 2.45) is 16.9 Å². The fourth-order valence-electron chi connectivity index (χ4n) is 4.85. The predicted molar refractivity (Wildman–Crippen MR) is 119 cm³/mol. The van der Waals surface area contributed by atoms with Gasteiger partial charge in [-0.25, -0.2) is 5.01 Å². The second kappa shape index (κ2) is 10.6. The van der Waals surface area contributed by atoms with Gasteiger partial charge >= 0.3 is 5.97 Å². The lowest BCUT2D eigenvalue weighted by Gasteiger charge is -2.41. The van der Waals surface area contributed by atoms with Crippen molar-refractivity contribution >= 4 is 17.6 Å². The molecule has 7 nitrogen and oxygen atoms in total. The van der Waals surface area contributed by atoms with Crippen LogP contribution in [-0.4, -0.2) is 48.0 Å². The molecule has 2 aliphatic rings. The summed E-state index contributed by atoms with van der Waals surface area (Å²) < 4.78 is 10.9. The average molecular weight is 431 g/mol. The van der Waals surface area contributed by atoms with E-state index in [1.807, 2.05) is 18.2 Å². The summed E-state index contributed by atoms with van der Waals surface area (Å²) in [6.45, 7) is 2.06. The summed E-state index contributed by atoms with van der Waals surface area (Å²) in [6.07, 6.45) is 7.12. The second-order valence-electron chi connectivity index (χ2n) is 8.44. The van der Waals surface area contributed by atoms with Crippen LogP contribution in [0, 0.1) is 11.8 Å². The van der Waals surface area contributed by atoms with Gasteiger partial charge in [0.15, 0.2) is 11.5 Å². The zero-order valence-electron chi connectivity index (χ0n) is 18.8. The maximum Gasteiger partial charge on any atom is 0.303 e. The van der Waals surface area contributed by atoms with Gasteiger partial charge in [-0.2, -0.15) is 5.10 Å². The van der Waals surface area contributed by atoms with Gasteiger partial charge in [-0.1, -0.05) is 26.2 Å². The van der Waals surface area contributed by atoms with Crippen molar-refractivity contribution < 1.29 is 24.2 Å². The van der Waals surface area contributed by atoms with E-state index in [4.69, 9.17) is 19.7 Å². The summed E-state index contributed by atoms with van der Waals surface area (Å²) in [4.78, 5) is 24.2. The molecule has 1 aromatic rings. The molecule has 1 unspecified atom stereocenters. The number of carboxylic acids is 1. The quantitative estimate of drug-likeness (QED) is 0.553. The second-order valence-corrected chi connectivity index (χ2v) is 8.44. The van der Waals surface area contributed by atoms with Crippen molar-refractivity contribution in [2.45, 2.75) is 70.8 Å². The van der Waals surface area contributed by atoms with E-state index in [2.05, 4.69) is 6.92 Å². The number of carboxylic acid groups (broad SMARTS) is 1. The smallest absolute Gasteiger partial charge is 0.303 e. The molecule has 3 rings (SSSR count). The summed E-state index contributed by atoms with van der Waals surface area (Å²) in [5, 5.41) is 15.5. The molecule has 170 valence electrons. The fraction of sp³-hybridized carbons (Fsp3) is 0.625. The maximum absolute atomic E-state index is 13.4. The maximum atomic E-state index is 13.4. The van der Waals surface area contributed by atoms with E-state index in [0.29, 0.717) is 17.9 Å². The van der Waals surface area contributed by atoms with E-state index in [1.165, 1.54) is 0 Å². The molecule has 0 radical (unpaired) electrons. The molecule has 1 N–H and O–H groups in total. The summed E-state index contributed by atoms with van der Waals surface area (Å²) in [7, 11) is 3.23. The van der Waals surface area contributed by atoms with Gasteiger partial charge in [0.05, 0.1) is 26.0 Å². The van der Waals surface area contributed by atoms with Crippen LogP contribution in [0.1, 0.15) is 70.3 Å². The largest absolute Gasteiger partial charge is 0.493 e. The number of ether oxygens (including phenoxy) is 2. The Balaban J connectivity index is 1.91. The third-order valence-electron chi connectivity index (χ3n) is 6.55. The first-order valence-electron chi connectivity index (χ1n) is 11.4. The van der Waals surface area contributed by atoms with E-state index in [9.17, 15) is 9.59 Å². The standard InChI is InChI=1S/C24H34N2O5/c1-4-17(9-5-8-12-22(27)28)26-24(29)19-11-7-6-10-18(19)23(25-26)16-13-14-20(30-2)21(15-16)31-3/h13-15,17-19H,4-12H2,1-3H3,(H,27,28)/t17?,18-,19+/m0/s1. The van der Waals surface area contributed by atoms with Gasteiger partial charge in [-0.15, -0.1) is 0 Å². The Kier molecular flexibility index (Phi) is 7.93. The predicted octanol–water partition coefficient (Wildman–Crippen LogP) is 4.48. The van der Waals surface area contributed by atoms with Gasteiger partial charge < -0.3 is 14.6 Å². The molecule has 0 bridgehead atoms. The Morgan fingerprint density at radius 2 is 1.87 bits per heavy atom. The Labute approximate surface area is 184 Å². The number of amides is 1. The van der Waals surface area contributed by atoms with Crippen molar-refractivity contribution in [2.75, 3.05) is 14.2 Å². The van der Waals surface area contributed by atoms with Crippen molar-refractivity contribution in [3.8, 4) is 11.5 Å². The highest BCUT2D eigenvalue weighted by atomic mass is 16.5. The number of methoxy groups -OCH3 is 2. The molecule has 1 aliphatic carbocycles. The lowest BCUT2D eigenvalue weighted by Crippen LogP contribution is -2.49. The number of nitrogens with zero attached hydrogens (tertiary/aromatic N) is 2. The van der Waals surface area contributed by atoms with Crippen LogP contribution in [0.5, 0.6) is 11.5 Å². The minimum Gasteiger partial charge on any atom is -0.493 e. The van der Waals surface area contributed by atoms with E-state index in [0.717, 1.165) is 56.2 Å². The van der Waals surface area contributed by atoms with Gasteiger partial charge in [0.1, 0.15) is 0 Å². The van der Waals surface area contributed by atoms with Crippen LogP contribution < -0.4 is 9.47 Å². The van der Waals surface area contributed by atoms with Gasteiger partial charge in [-0.05, 0) is 50.3 Å². The van der Waals surface area contributed by atoms with Crippen molar-refractivity contribution in [1.82, 2.24) is 5.01 Å². The Bertz CT molecular complexity index is 822. The minimum atomic E-state index is -0.777. The molecule has 3 atom stereocenters. The highest BCUT2D eigenvalue weighted by molar-refractivity contribution is 6.07. The Morgan fingerprint density at radius 3 is 2.52 bits per heavy atom. The van der Waals surface area contributed by atoms with Gasteiger partial charge in [0.2, 0.25) is 5.91 Å². The molecule has 0 spiro atoms. The van der Waals surface area contributed by atoms with Crippen LogP contribution in [0.3, 0.4) is 0 Å². The number of unbranched alkanes of at least 4 members (excludes halogenated alkanes) is 1. The molecule has 1 aliphatic heterocycles. The Hall–Kier alpha value is -2.57. The number of carbonyl (C=O) groups is 2. The molecule has 1 amide bonds. The van der Waals surface area contributed by atoms with Crippen LogP contribution in [0.25, 0.3) is 0 Å². The SMILES string of the molecule is CCC(CCCCC(=O)O)N1N=C(c2ccc(OC)c(OC)c2)[C@H]2CCCC[C@H]2C1=O. The highest BCUT2D eigenvalue weighted by Crippen LogP contribution is 2.40. The average Bonchev–Trinajstić information content (AvgIpc) is 2.79. The normalized spacial score (nSPS) is 21.8. The van der Waals surface area contributed by atoms with E-state index in [1.54, 1.807) is 19.2 Å². The molecule has 0 saturated heterocycles. The summed E-state index contributed by atoms with van der Waals surface area (Å²) in [5.41, 5.74) is 1.92. The molecule has 1 saturated carbocycles. The van der Waals surface area contributed by atoms with Gasteiger partial charge in [0.25, 0.3) is 0 Å². The fourth-order valence-corrected chi connectivity index (χ4v) is 4.85. The number of carbonyl (C=O) groups excluding carboxylic acids is 1. The van der Waals surface area contributed by atoms with Crippen molar-refractivity contribution in [3.05, 3.63) is 23.8 Å². The minimum absolute atomic E-state index is 0.0145. The first kappa shape index (κ1) is 23.1. The summed E-state index contributed by atoms with van der Waals surface area (Å²) >= 11 is 0. The number of hydrogen-bond acceptors (Lipinski definition) is 5. The monoisotopic (exact) mass is 430 g/mol. The number of fused-ring (bicyclic) bond motifs is 1. The first-order valence-corrected chi connectivity index (χ1v) is 11.4. The first-order chi connectivity index (χ1) is 15.0. The summed E-state index contributed by atoms with van der Waals surface area (Å²) in [5.74, 6) is 0.752. The molecular weight excluding hydrogens is 396 g/mol. The molecule has 31 heavy (non-hydrogen) atoms. The molecule has 7 heteroatoms. The van der Waals surface area contributed by atoms with E-state index >= 15 is 0 Å². The number of benzene rings is 1. The van der Waals surface area contributed by atoms with Crippen LogP contribution in [0.15, 0.2) is 23.3 Å². The topological polar surface area (TPSA) is 88.4 Å². The number of hydrazone groups is 1. The molecule has 0 aromatic heterocycles. The van der Waals surface area contributed by atoms with E-state index < -0.39 is 5.97 Å². The molecule has 1 aromatic carbocycles. The van der Waals surface area contributed by atoms with Crippen molar-refractivity contribution in [3.63, 3.8) is 0 Å². The number of rotatable bonds is 10. The zero-order chi connectivity index (χ0) is 22.4. The number of hydrogen-bond donors (Lipinski definition) is 1. The third kappa shape index (κ3) is 5.20. The lowest BCUT2D eigenvalue weighted by molar-refractivity contribution is -0.142. The lowest BCUT2D eigenvalue weighted by atomic mass is 9.73. The molecular formula is C24H34N2O5. The van der Waals surface area contributed by atoms with Crippen LogP contribution in [-0.2, 0) is 9.59 Å². The molecule has 1 heterocycles. The van der Waals surface area contributed by atoms with Crippen molar-refractivity contribution in [1.29, 1.82) is 0 Å². The molecule has 1 fully saturated rings. The highest BCUT2D eigenvalue weighted by Gasteiger charge is 2.42. The Morgan fingerprint density at radius 1 is 1.16 bits per heavy atom. The van der Waals surface area contributed by atoms with Gasteiger partial charge in [0, 0.05) is 23.8 Å². The van der Waals surface area contributed by atoms with Crippen LogP contribution in [0.2, 0.25) is 0 Å². The van der Waals surface area contributed by atoms with Crippen LogP contribution >= 0.6 is 0 Å².